The Hall–Kier alpha value is -1.98. The molecule has 6 heteroatoms. The highest BCUT2D eigenvalue weighted by molar-refractivity contribution is 7.80. The molecule has 96 valence electrons. The van der Waals surface area contributed by atoms with Crippen molar-refractivity contribution < 1.29 is 0 Å². The van der Waals surface area contributed by atoms with Gasteiger partial charge in [0.15, 0.2) is 5.11 Å². The number of hydrogen-bond acceptors (Lipinski definition) is 3. The molecule has 2 aromatic rings. The van der Waals surface area contributed by atoms with Gasteiger partial charge in [0, 0.05) is 11.2 Å². The topological polar surface area (TPSA) is 63.3 Å². The van der Waals surface area contributed by atoms with Crippen molar-refractivity contribution >= 4 is 35.1 Å². The molecule has 0 amide bonds. The summed E-state index contributed by atoms with van der Waals surface area (Å²) in [5.74, 6) is 0. The average molecular weight is 291 g/mol. The van der Waals surface area contributed by atoms with Gasteiger partial charge in [0.1, 0.15) is 0 Å². The van der Waals surface area contributed by atoms with Crippen molar-refractivity contribution in [1.29, 1.82) is 0 Å². The molecule has 0 radical (unpaired) electrons. The van der Waals surface area contributed by atoms with Crippen molar-refractivity contribution in [3.05, 3.63) is 53.3 Å². The molecular weight excluding hydrogens is 280 g/mol. The van der Waals surface area contributed by atoms with Gasteiger partial charge in [-0.1, -0.05) is 23.7 Å². The highest BCUT2D eigenvalue weighted by atomic mass is 35.5. The largest absolute Gasteiger partial charge is 0.375 e. The molecule has 0 spiro atoms. The SMILES string of the molecule is NC(=S)NN=Cc1cc(-c2ccc(Cl)cc2)ccn1. The van der Waals surface area contributed by atoms with Crippen LogP contribution >= 0.6 is 23.8 Å². The van der Waals surface area contributed by atoms with Gasteiger partial charge in [0.2, 0.25) is 0 Å². The summed E-state index contributed by atoms with van der Waals surface area (Å²) in [6.45, 7) is 0. The van der Waals surface area contributed by atoms with E-state index in [1.54, 1.807) is 12.4 Å². The summed E-state index contributed by atoms with van der Waals surface area (Å²) in [4.78, 5) is 4.18. The van der Waals surface area contributed by atoms with Crippen LogP contribution in [0.3, 0.4) is 0 Å². The minimum Gasteiger partial charge on any atom is -0.375 e. The van der Waals surface area contributed by atoms with E-state index in [1.165, 1.54) is 0 Å². The molecule has 1 aromatic carbocycles. The molecule has 0 bridgehead atoms. The van der Waals surface area contributed by atoms with Gasteiger partial charge in [-0.2, -0.15) is 5.10 Å². The van der Waals surface area contributed by atoms with Crippen LogP contribution in [-0.2, 0) is 0 Å². The number of pyridine rings is 1. The number of thiocarbonyl (C=S) groups is 1. The summed E-state index contributed by atoms with van der Waals surface area (Å²) in [7, 11) is 0. The van der Waals surface area contributed by atoms with Crippen LogP contribution < -0.4 is 11.2 Å². The normalized spacial score (nSPS) is 10.6. The molecule has 19 heavy (non-hydrogen) atoms. The molecule has 0 aliphatic heterocycles. The molecule has 0 unspecified atom stereocenters. The number of nitrogens with one attached hydrogen (secondary N) is 1. The molecular formula is C13H11ClN4S. The fourth-order valence-corrected chi connectivity index (χ4v) is 1.68. The number of aromatic nitrogens is 1. The van der Waals surface area contributed by atoms with Crippen LogP contribution in [0.15, 0.2) is 47.7 Å². The Bertz CT molecular complexity index is 610. The minimum absolute atomic E-state index is 0.116. The zero-order valence-corrected chi connectivity index (χ0v) is 11.4. The van der Waals surface area contributed by atoms with E-state index in [2.05, 4.69) is 27.7 Å². The maximum Gasteiger partial charge on any atom is 0.184 e. The van der Waals surface area contributed by atoms with Crippen molar-refractivity contribution in [3.8, 4) is 11.1 Å². The molecule has 0 atom stereocenters. The van der Waals surface area contributed by atoms with Gasteiger partial charge in [-0.3, -0.25) is 10.4 Å². The van der Waals surface area contributed by atoms with Crippen LogP contribution in [0.4, 0.5) is 0 Å². The van der Waals surface area contributed by atoms with E-state index in [-0.39, 0.29) is 5.11 Å². The molecule has 4 nitrogen and oxygen atoms in total. The Morgan fingerprint density at radius 3 is 2.68 bits per heavy atom. The number of nitrogens with two attached hydrogens (primary N) is 1. The predicted molar refractivity (Wildman–Crippen MR) is 82.2 cm³/mol. The summed E-state index contributed by atoms with van der Waals surface area (Å²) in [5.41, 5.74) is 10.5. The molecule has 1 heterocycles. The number of hydrazone groups is 1. The third-order valence-electron chi connectivity index (χ3n) is 2.33. The molecule has 1 aromatic heterocycles. The second-order valence-corrected chi connectivity index (χ2v) is 4.59. The first-order chi connectivity index (χ1) is 9.15. The predicted octanol–water partition coefficient (Wildman–Crippen LogP) is 2.57. The van der Waals surface area contributed by atoms with Crippen LogP contribution in [0.25, 0.3) is 11.1 Å². The maximum atomic E-state index is 5.86. The van der Waals surface area contributed by atoms with Gasteiger partial charge >= 0.3 is 0 Å². The zero-order valence-electron chi connectivity index (χ0n) is 9.88. The standard InChI is InChI=1S/C13H11ClN4S/c14-11-3-1-9(2-4-11)10-5-6-16-12(7-10)8-17-18-13(15)19/h1-8H,(H3,15,18,19). The number of nitrogens with zero attached hydrogens (tertiary/aromatic N) is 2. The lowest BCUT2D eigenvalue weighted by molar-refractivity contribution is 1.04. The highest BCUT2D eigenvalue weighted by Crippen LogP contribution is 2.21. The lowest BCUT2D eigenvalue weighted by Gasteiger charge is -2.02. The lowest BCUT2D eigenvalue weighted by Crippen LogP contribution is -2.24. The van der Waals surface area contributed by atoms with E-state index in [0.717, 1.165) is 11.1 Å². The first kappa shape index (κ1) is 13.5. The fourth-order valence-electron chi connectivity index (χ4n) is 1.50. The monoisotopic (exact) mass is 290 g/mol. The Labute approximate surface area is 121 Å². The lowest BCUT2D eigenvalue weighted by atomic mass is 10.1. The first-order valence-electron chi connectivity index (χ1n) is 5.45. The van der Waals surface area contributed by atoms with E-state index in [4.69, 9.17) is 17.3 Å². The van der Waals surface area contributed by atoms with E-state index in [0.29, 0.717) is 10.7 Å². The zero-order chi connectivity index (χ0) is 13.7. The van der Waals surface area contributed by atoms with Gasteiger partial charge in [0.05, 0.1) is 11.9 Å². The summed E-state index contributed by atoms with van der Waals surface area (Å²) < 4.78 is 0. The minimum atomic E-state index is 0.116. The van der Waals surface area contributed by atoms with Crippen LogP contribution in [0.1, 0.15) is 5.69 Å². The van der Waals surface area contributed by atoms with Gasteiger partial charge in [0.25, 0.3) is 0 Å². The Morgan fingerprint density at radius 2 is 2.00 bits per heavy atom. The van der Waals surface area contributed by atoms with Crippen LogP contribution in [0.5, 0.6) is 0 Å². The molecule has 2 rings (SSSR count). The number of benzene rings is 1. The summed E-state index contributed by atoms with van der Waals surface area (Å²) in [6.07, 6.45) is 3.27. The van der Waals surface area contributed by atoms with Gasteiger partial charge < -0.3 is 5.73 Å². The van der Waals surface area contributed by atoms with Crippen LogP contribution in [0.2, 0.25) is 5.02 Å². The van der Waals surface area contributed by atoms with Gasteiger partial charge in [-0.15, -0.1) is 0 Å². The van der Waals surface area contributed by atoms with E-state index in [9.17, 15) is 0 Å². The van der Waals surface area contributed by atoms with Crippen LogP contribution in [0, 0.1) is 0 Å². The molecule has 0 aliphatic rings. The quantitative estimate of drug-likeness (QED) is 0.518. The third-order valence-corrected chi connectivity index (χ3v) is 2.67. The van der Waals surface area contributed by atoms with E-state index in [1.807, 2.05) is 36.4 Å². The second kappa shape index (κ2) is 6.26. The molecule has 3 N–H and O–H groups in total. The van der Waals surface area contributed by atoms with Crippen molar-refractivity contribution in [3.63, 3.8) is 0 Å². The van der Waals surface area contributed by atoms with Crippen molar-refractivity contribution in [2.45, 2.75) is 0 Å². The Morgan fingerprint density at radius 1 is 1.26 bits per heavy atom. The number of rotatable bonds is 3. The summed E-state index contributed by atoms with van der Waals surface area (Å²) >= 11 is 10.5. The third kappa shape index (κ3) is 4.01. The smallest absolute Gasteiger partial charge is 0.184 e. The van der Waals surface area contributed by atoms with E-state index >= 15 is 0 Å². The van der Waals surface area contributed by atoms with Crippen LogP contribution in [-0.4, -0.2) is 16.3 Å². The van der Waals surface area contributed by atoms with Crippen molar-refractivity contribution in [2.24, 2.45) is 10.8 Å². The maximum absolute atomic E-state index is 5.86. The molecule has 0 fully saturated rings. The van der Waals surface area contributed by atoms with Gasteiger partial charge in [-0.25, -0.2) is 0 Å². The van der Waals surface area contributed by atoms with Crippen molar-refractivity contribution in [1.82, 2.24) is 10.4 Å². The average Bonchev–Trinajstić information content (AvgIpc) is 2.39. The summed E-state index contributed by atoms with van der Waals surface area (Å²) in [6, 6.07) is 11.4. The second-order valence-electron chi connectivity index (χ2n) is 3.71. The molecule has 0 aliphatic carbocycles. The molecule has 0 saturated carbocycles. The fraction of sp³-hybridized carbons (Fsp3) is 0. The number of halogens is 1. The molecule has 0 saturated heterocycles. The Balaban J connectivity index is 2.21. The Kier molecular flexibility index (Phi) is 4.43. The highest BCUT2D eigenvalue weighted by Gasteiger charge is 1.99. The van der Waals surface area contributed by atoms with Gasteiger partial charge in [-0.05, 0) is 47.6 Å². The van der Waals surface area contributed by atoms with Crippen molar-refractivity contribution in [2.75, 3.05) is 0 Å². The van der Waals surface area contributed by atoms with E-state index < -0.39 is 0 Å². The number of hydrogen-bond donors (Lipinski definition) is 2. The first-order valence-corrected chi connectivity index (χ1v) is 6.24. The summed E-state index contributed by atoms with van der Waals surface area (Å²) in [5, 5.41) is 4.69.